The van der Waals surface area contributed by atoms with E-state index >= 15 is 0 Å². The quantitative estimate of drug-likeness (QED) is 0.507. The molecule has 28 heavy (non-hydrogen) atoms. The minimum Gasteiger partial charge on any atom is -0.465 e. The Morgan fingerprint density at radius 1 is 1.04 bits per heavy atom. The van der Waals surface area contributed by atoms with Crippen LogP contribution in [0.3, 0.4) is 0 Å². The smallest absolute Gasteiger partial charge is 0.337 e. The maximum absolute atomic E-state index is 13.0. The Bertz CT molecular complexity index is 1130. The molecule has 2 aromatic carbocycles. The number of ether oxygens (including phenoxy) is 2. The lowest BCUT2D eigenvalue weighted by Crippen LogP contribution is -2.41. The standard InChI is InChI=1S/C20H21N3O5/c1-27-10-9-22-18(24)16-11-15(21)7-8-17(16)23(20(22)26)12-13-3-5-14(6-4-13)19(25)28-2/h3-8,11H,9-10,12,21H2,1-2H3. The van der Waals surface area contributed by atoms with Gasteiger partial charge in [-0.05, 0) is 35.9 Å². The van der Waals surface area contributed by atoms with Crippen molar-refractivity contribution in [2.45, 2.75) is 13.1 Å². The monoisotopic (exact) mass is 383 g/mol. The van der Waals surface area contributed by atoms with Crippen LogP contribution >= 0.6 is 0 Å². The van der Waals surface area contributed by atoms with Crippen LogP contribution in [0.5, 0.6) is 0 Å². The first-order chi connectivity index (χ1) is 13.5. The summed E-state index contributed by atoms with van der Waals surface area (Å²) in [4.78, 5) is 37.3. The second-order valence-electron chi connectivity index (χ2n) is 6.28. The summed E-state index contributed by atoms with van der Waals surface area (Å²) < 4.78 is 12.4. The van der Waals surface area contributed by atoms with Gasteiger partial charge in [0.25, 0.3) is 5.56 Å². The van der Waals surface area contributed by atoms with Crippen LogP contribution in [0, 0.1) is 0 Å². The summed E-state index contributed by atoms with van der Waals surface area (Å²) in [7, 11) is 2.82. The molecule has 2 N–H and O–H groups in total. The van der Waals surface area contributed by atoms with Gasteiger partial charge in [-0.2, -0.15) is 0 Å². The van der Waals surface area contributed by atoms with Gasteiger partial charge in [-0.1, -0.05) is 12.1 Å². The third-order valence-electron chi connectivity index (χ3n) is 4.48. The summed E-state index contributed by atoms with van der Waals surface area (Å²) in [5.74, 6) is -0.433. The van der Waals surface area contributed by atoms with Crippen molar-refractivity contribution in [1.82, 2.24) is 9.13 Å². The third kappa shape index (κ3) is 3.67. The molecule has 0 amide bonds. The number of esters is 1. The Hall–Kier alpha value is -3.39. The Morgan fingerprint density at radius 3 is 2.39 bits per heavy atom. The van der Waals surface area contributed by atoms with Crippen molar-refractivity contribution in [2.75, 3.05) is 26.6 Å². The zero-order valence-corrected chi connectivity index (χ0v) is 15.7. The summed E-state index contributed by atoms with van der Waals surface area (Å²) in [5, 5.41) is 0.363. The fourth-order valence-corrected chi connectivity index (χ4v) is 3.02. The lowest BCUT2D eigenvalue weighted by molar-refractivity contribution is 0.0600. The van der Waals surface area contributed by atoms with Gasteiger partial charge < -0.3 is 15.2 Å². The van der Waals surface area contributed by atoms with Crippen molar-refractivity contribution in [3.8, 4) is 0 Å². The van der Waals surface area contributed by atoms with Crippen LogP contribution in [0.2, 0.25) is 0 Å². The summed E-state index contributed by atoms with van der Waals surface area (Å²) in [6.07, 6.45) is 0. The number of carbonyl (C=O) groups excluding carboxylic acids is 1. The van der Waals surface area contributed by atoms with Gasteiger partial charge in [0.2, 0.25) is 0 Å². The maximum atomic E-state index is 13.0. The summed E-state index contributed by atoms with van der Waals surface area (Å²) in [6.45, 7) is 0.602. The molecule has 0 aliphatic heterocycles. The van der Waals surface area contributed by atoms with Gasteiger partial charge in [0.15, 0.2) is 0 Å². The van der Waals surface area contributed by atoms with Crippen molar-refractivity contribution in [2.24, 2.45) is 0 Å². The predicted octanol–water partition coefficient (Wildman–Crippen LogP) is 1.23. The number of nitrogens with two attached hydrogens (primary N) is 1. The van der Waals surface area contributed by atoms with Crippen LogP contribution in [0.15, 0.2) is 52.1 Å². The Morgan fingerprint density at radius 2 is 1.75 bits per heavy atom. The van der Waals surface area contributed by atoms with Crippen LogP contribution in [0.1, 0.15) is 15.9 Å². The Kier molecular flexibility index (Phi) is 5.60. The van der Waals surface area contributed by atoms with E-state index in [4.69, 9.17) is 15.2 Å². The molecule has 1 heterocycles. The van der Waals surface area contributed by atoms with Crippen LogP contribution in [-0.2, 0) is 22.6 Å². The van der Waals surface area contributed by atoms with Gasteiger partial charge in [-0.3, -0.25) is 13.9 Å². The van der Waals surface area contributed by atoms with Crippen molar-refractivity contribution in [1.29, 1.82) is 0 Å². The molecule has 146 valence electrons. The van der Waals surface area contributed by atoms with E-state index in [1.54, 1.807) is 42.5 Å². The molecule has 0 aliphatic rings. The molecule has 0 fully saturated rings. The molecule has 0 atom stereocenters. The SMILES string of the molecule is COCCn1c(=O)c2cc(N)ccc2n(Cc2ccc(C(=O)OC)cc2)c1=O. The molecule has 0 saturated heterocycles. The lowest BCUT2D eigenvalue weighted by atomic mass is 10.1. The van der Waals surface area contributed by atoms with E-state index < -0.39 is 17.2 Å². The molecular formula is C20H21N3O5. The number of hydrogen-bond donors (Lipinski definition) is 1. The van der Waals surface area contributed by atoms with Gasteiger partial charge in [0.1, 0.15) is 0 Å². The van der Waals surface area contributed by atoms with E-state index in [1.165, 1.54) is 18.8 Å². The molecule has 8 nitrogen and oxygen atoms in total. The lowest BCUT2D eigenvalue weighted by Gasteiger charge is -2.14. The fraction of sp³-hybridized carbons (Fsp3) is 0.250. The largest absolute Gasteiger partial charge is 0.465 e. The fourth-order valence-electron chi connectivity index (χ4n) is 3.02. The molecule has 0 bridgehead atoms. The highest BCUT2D eigenvalue weighted by Gasteiger charge is 2.14. The molecule has 3 aromatic rings. The van der Waals surface area contributed by atoms with Crippen LogP contribution in [0.25, 0.3) is 10.9 Å². The second kappa shape index (κ2) is 8.10. The number of fused-ring (bicyclic) bond motifs is 1. The molecule has 3 rings (SSSR count). The molecule has 0 saturated carbocycles. The number of rotatable bonds is 6. The minimum absolute atomic E-state index is 0.139. The van der Waals surface area contributed by atoms with Gasteiger partial charge >= 0.3 is 11.7 Å². The first kappa shape index (κ1) is 19.4. The Balaban J connectivity index is 2.12. The number of anilines is 1. The first-order valence-corrected chi connectivity index (χ1v) is 8.65. The summed E-state index contributed by atoms with van der Waals surface area (Å²) in [6, 6.07) is 11.6. The highest BCUT2D eigenvalue weighted by molar-refractivity contribution is 5.89. The predicted molar refractivity (Wildman–Crippen MR) is 106 cm³/mol. The van der Waals surface area contributed by atoms with Gasteiger partial charge in [-0.25, -0.2) is 9.59 Å². The average Bonchev–Trinajstić information content (AvgIpc) is 2.71. The third-order valence-corrected chi connectivity index (χ3v) is 4.48. The molecule has 8 heteroatoms. The van der Waals surface area contributed by atoms with E-state index in [0.29, 0.717) is 22.2 Å². The van der Waals surface area contributed by atoms with Crippen molar-refractivity contribution in [3.63, 3.8) is 0 Å². The zero-order chi connectivity index (χ0) is 20.3. The second-order valence-corrected chi connectivity index (χ2v) is 6.28. The number of carbonyl (C=O) groups is 1. The number of methoxy groups -OCH3 is 2. The molecular weight excluding hydrogens is 362 g/mol. The van der Waals surface area contributed by atoms with Crippen LogP contribution in [-0.4, -0.2) is 35.9 Å². The van der Waals surface area contributed by atoms with E-state index in [1.807, 2.05) is 0 Å². The van der Waals surface area contributed by atoms with E-state index in [-0.39, 0.29) is 19.7 Å². The topological polar surface area (TPSA) is 106 Å². The number of nitrogen functional groups attached to an aromatic ring is 1. The average molecular weight is 383 g/mol. The number of hydrogen-bond acceptors (Lipinski definition) is 6. The van der Waals surface area contributed by atoms with E-state index in [9.17, 15) is 14.4 Å². The van der Waals surface area contributed by atoms with E-state index in [0.717, 1.165) is 10.1 Å². The van der Waals surface area contributed by atoms with Crippen molar-refractivity contribution in [3.05, 3.63) is 74.4 Å². The number of nitrogens with zero attached hydrogens (tertiary/aromatic N) is 2. The molecule has 0 radical (unpaired) electrons. The minimum atomic E-state index is -0.434. The van der Waals surface area contributed by atoms with Gasteiger partial charge in [-0.15, -0.1) is 0 Å². The first-order valence-electron chi connectivity index (χ1n) is 8.65. The van der Waals surface area contributed by atoms with Crippen molar-refractivity contribution >= 4 is 22.6 Å². The van der Waals surface area contributed by atoms with Crippen LogP contribution < -0.4 is 17.0 Å². The highest BCUT2D eigenvalue weighted by atomic mass is 16.5. The molecule has 1 aromatic heterocycles. The summed E-state index contributed by atoms with van der Waals surface area (Å²) >= 11 is 0. The number of benzene rings is 2. The van der Waals surface area contributed by atoms with Crippen LogP contribution in [0.4, 0.5) is 5.69 Å². The zero-order valence-electron chi connectivity index (χ0n) is 15.7. The highest BCUT2D eigenvalue weighted by Crippen LogP contribution is 2.15. The normalized spacial score (nSPS) is 10.9. The maximum Gasteiger partial charge on any atom is 0.337 e. The molecule has 0 unspecified atom stereocenters. The summed E-state index contributed by atoms with van der Waals surface area (Å²) in [5.41, 5.74) is 7.15. The van der Waals surface area contributed by atoms with Gasteiger partial charge in [0, 0.05) is 12.8 Å². The molecule has 0 spiro atoms. The number of aromatic nitrogens is 2. The van der Waals surface area contributed by atoms with Crippen molar-refractivity contribution < 1.29 is 14.3 Å². The molecule has 0 aliphatic carbocycles. The van der Waals surface area contributed by atoms with E-state index in [2.05, 4.69) is 0 Å². The van der Waals surface area contributed by atoms with Gasteiger partial charge in [0.05, 0.1) is 43.3 Å². The Labute approximate surface area is 160 Å².